The number of carbonyl (C=O) groups is 1. The fourth-order valence-corrected chi connectivity index (χ4v) is 2.57. The van der Waals surface area contributed by atoms with E-state index in [9.17, 15) is 4.79 Å². The first-order chi connectivity index (χ1) is 10.8. The van der Waals surface area contributed by atoms with E-state index in [2.05, 4.69) is 10.6 Å². The Bertz CT molecular complexity index is 628. The molecule has 0 radical (unpaired) electrons. The minimum Gasteiger partial charge on any atom is -0.457 e. The number of amides is 1. The number of rotatable bonds is 5. The van der Waals surface area contributed by atoms with E-state index in [1.165, 1.54) is 6.42 Å². The average Bonchev–Trinajstić information content (AvgIpc) is 3.07. The number of hydrogen-bond acceptors (Lipinski definition) is 3. The van der Waals surface area contributed by atoms with Gasteiger partial charge in [0.15, 0.2) is 0 Å². The fraction of sp³-hybridized carbons (Fsp3) is 0.278. The lowest BCUT2D eigenvalue weighted by Gasteiger charge is -2.12. The highest BCUT2D eigenvalue weighted by Gasteiger charge is 2.15. The molecule has 4 nitrogen and oxygen atoms in total. The fourth-order valence-electron chi connectivity index (χ4n) is 2.57. The summed E-state index contributed by atoms with van der Waals surface area (Å²) in [6, 6.07) is 17.2. The Labute approximate surface area is 142 Å². The van der Waals surface area contributed by atoms with Crippen LogP contribution in [0.25, 0.3) is 0 Å². The van der Waals surface area contributed by atoms with Crippen LogP contribution in [0.15, 0.2) is 54.6 Å². The van der Waals surface area contributed by atoms with Gasteiger partial charge in [0.1, 0.15) is 11.5 Å². The van der Waals surface area contributed by atoms with E-state index in [1.54, 1.807) is 12.1 Å². The lowest BCUT2D eigenvalue weighted by Crippen LogP contribution is -2.37. The first-order valence-corrected chi connectivity index (χ1v) is 7.66. The van der Waals surface area contributed by atoms with Crippen molar-refractivity contribution in [2.24, 2.45) is 0 Å². The molecule has 0 saturated carbocycles. The molecule has 3 rings (SSSR count). The number of carbonyl (C=O) groups excluding carboxylic acids is 1. The lowest BCUT2D eigenvalue weighted by molar-refractivity contribution is 0.0950. The predicted molar refractivity (Wildman–Crippen MR) is 93.6 cm³/mol. The molecule has 0 bridgehead atoms. The molecule has 1 fully saturated rings. The summed E-state index contributed by atoms with van der Waals surface area (Å²) >= 11 is 0. The molecule has 1 saturated heterocycles. The normalized spacial score (nSPS) is 16.4. The number of halogens is 1. The Morgan fingerprint density at radius 2 is 1.91 bits per heavy atom. The molecule has 0 spiro atoms. The van der Waals surface area contributed by atoms with Crippen molar-refractivity contribution < 1.29 is 9.53 Å². The zero-order valence-corrected chi connectivity index (χ0v) is 13.6. The Hall–Kier alpha value is -2.04. The highest BCUT2D eigenvalue weighted by Crippen LogP contribution is 2.21. The number of ether oxygens (including phenoxy) is 1. The van der Waals surface area contributed by atoms with Gasteiger partial charge in [-0.15, -0.1) is 12.4 Å². The number of nitrogens with one attached hydrogen (secondary N) is 2. The van der Waals surface area contributed by atoms with E-state index in [4.69, 9.17) is 4.74 Å². The molecule has 0 aromatic heterocycles. The first-order valence-electron chi connectivity index (χ1n) is 7.66. The summed E-state index contributed by atoms with van der Waals surface area (Å²) in [4.78, 5) is 12.2. The summed E-state index contributed by atoms with van der Waals surface area (Å²) in [6.07, 6.45) is 2.30. The van der Waals surface area contributed by atoms with Gasteiger partial charge in [0, 0.05) is 18.2 Å². The van der Waals surface area contributed by atoms with Gasteiger partial charge in [-0.1, -0.05) is 24.3 Å². The monoisotopic (exact) mass is 332 g/mol. The van der Waals surface area contributed by atoms with Crippen LogP contribution in [-0.2, 0) is 0 Å². The summed E-state index contributed by atoms with van der Waals surface area (Å²) in [7, 11) is 0. The van der Waals surface area contributed by atoms with E-state index >= 15 is 0 Å². The van der Waals surface area contributed by atoms with Crippen LogP contribution in [0.3, 0.4) is 0 Å². The predicted octanol–water partition coefficient (Wildman–Crippen LogP) is 3.38. The molecule has 2 aromatic rings. The number of benzene rings is 2. The van der Waals surface area contributed by atoms with Gasteiger partial charge in [-0.05, 0) is 49.7 Å². The molecule has 5 heteroatoms. The molecule has 1 aliphatic heterocycles. The van der Waals surface area contributed by atoms with Crippen molar-refractivity contribution in [1.29, 1.82) is 0 Å². The third-order valence-corrected chi connectivity index (χ3v) is 3.75. The highest BCUT2D eigenvalue weighted by molar-refractivity contribution is 5.94. The molecule has 122 valence electrons. The van der Waals surface area contributed by atoms with Crippen LogP contribution >= 0.6 is 12.4 Å². The van der Waals surface area contributed by atoms with Crippen molar-refractivity contribution in [2.75, 3.05) is 13.1 Å². The third-order valence-electron chi connectivity index (χ3n) is 3.75. The molecule has 1 atom stereocenters. The maximum Gasteiger partial charge on any atom is 0.251 e. The summed E-state index contributed by atoms with van der Waals surface area (Å²) in [5.74, 6) is 1.36. The second kappa shape index (κ2) is 8.56. The molecule has 0 aliphatic carbocycles. The molecule has 1 aliphatic rings. The maximum atomic E-state index is 12.2. The van der Waals surface area contributed by atoms with Gasteiger partial charge >= 0.3 is 0 Å². The van der Waals surface area contributed by atoms with Crippen LogP contribution in [-0.4, -0.2) is 25.0 Å². The summed E-state index contributed by atoms with van der Waals surface area (Å²) in [5.41, 5.74) is 0.617. The zero-order chi connectivity index (χ0) is 15.2. The molecule has 2 N–H and O–H groups in total. The third kappa shape index (κ3) is 4.98. The first kappa shape index (κ1) is 17.3. The van der Waals surface area contributed by atoms with Gasteiger partial charge in [-0.2, -0.15) is 0 Å². The van der Waals surface area contributed by atoms with Crippen molar-refractivity contribution in [3.8, 4) is 11.5 Å². The Balaban J connectivity index is 0.00000192. The van der Waals surface area contributed by atoms with Crippen molar-refractivity contribution in [3.05, 3.63) is 60.2 Å². The summed E-state index contributed by atoms with van der Waals surface area (Å²) in [6.45, 7) is 1.71. The van der Waals surface area contributed by atoms with E-state index in [0.29, 0.717) is 23.9 Å². The molecule has 23 heavy (non-hydrogen) atoms. The number of para-hydroxylation sites is 1. The largest absolute Gasteiger partial charge is 0.457 e. The second-order valence-corrected chi connectivity index (χ2v) is 5.45. The smallest absolute Gasteiger partial charge is 0.251 e. The Kier molecular flexibility index (Phi) is 6.44. The SMILES string of the molecule is Cl.O=C(NCC1CCCN1)c1cccc(Oc2ccccc2)c1. The molecular formula is C18H21ClN2O2. The van der Waals surface area contributed by atoms with Gasteiger partial charge in [-0.25, -0.2) is 0 Å². The van der Waals surface area contributed by atoms with Gasteiger partial charge in [0.05, 0.1) is 0 Å². The van der Waals surface area contributed by atoms with Crippen molar-refractivity contribution in [1.82, 2.24) is 10.6 Å². The van der Waals surface area contributed by atoms with E-state index in [0.717, 1.165) is 18.7 Å². The Morgan fingerprint density at radius 3 is 2.65 bits per heavy atom. The van der Waals surface area contributed by atoms with Gasteiger partial charge in [0.25, 0.3) is 5.91 Å². The van der Waals surface area contributed by atoms with Gasteiger partial charge in [-0.3, -0.25) is 4.79 Å². The average molecular weight is 333 g/mol. The van der Waals surface area contributed by atoms with Crippen molar-refractivity contribution in [2.45, 2.75) is 18.9 Å². The zero-order valence-electron chi connectivity index (χ0n) is 12.8. The minimum atomic E-state index is -0.0628. The quantitative estimate of drug-likeness (QED) is 0.882. The minimum absolute atomic E-state index is 0. The lowest BCUT2D eigenvalue weighted by atomic mass is 10.2. The number of hydrogen-bond donors (Lipinski definition) is 2. The molecule has 1 heterocycles. The van der Waals surface area contributed by atoms with Crippen LogP contribution in [0.2, 0.25) is 0 Å². The molecular weight excluding hydrogens is 312 g/mol. The van der Waals surface area contributed by atoms with Gasteiger partial charge in [0.2, 0.25) is 0 Å². The summed E-state index contributed by atoms with van der Waals surface area (Å²) in [5, 5.41) is 6.34. The van der Waals surface area contributed by atoms with Gasteiger partial charge < -0.3 is 15.4 Å². The van der Waals surface area contributed by atoms with Crippen LogP contribution in [0.1, 0.15) is 23.2 Å². The Morgan fingerprint density at radius 1 is 1.13 bits per heavy atom. The standard InChI is InChI=1S/C18H20N2O2.ClH/c21-18(20-13-15-7-5-11-19-15)14-6-4-10-17(12-14)22-16-8-2-1-3-9-16;/h1-4,6,8-10,12,15,19H,5,7,11,13H2,(H,20,21);1H. The second-order valence-electron chi connectivity index (χ2n) is 5.45. The molecule has 2 aromatic carbocycles. The van der Waals surface area contributed by atoms with Crippen LogP contribution in [0, 0.1) is 0 Å². The molecule has 1 amide bonds. The topological polar surface area (TPSA) is 50.4 Å². The van der Waals surface area contributed by atoms with E-state index < -0.39 is 0 Å². The van der Waals surface area contributed by atoms with Crippen molar-refractivity contribution >= 4 is 18.3 Å². The van der Waals surface area contributed by atoms with E-state index in [-0.39, 0.29) is 18.3 Å². The van der Waals surface area contributed by atoms with E-state index in [1.807, 2.05) is 42.5 Å². The highest BCUT2D eigenvalue weighted by atomic mass is 35.5. The summed E-state index contributed by atoms with van der Waals surface area (Å²) < 4.78 is 5.75. The van der Waals surface area contributed by atoms with Crippen molar-refractivity contribution in [3.63, 3.8) is 0 Å². The van der Waals surface area contributed by atoms with Crippen LogP contribution < -0.4 is 15.4 Å². The maximum absolute atomic E-state index is 12.2. The molecule has 1 unspecified atom stereocenters. The van der Waals surface area contributed by atoms with Crippen LogP contribution in [0.5, 0.6) is 11.5 Å². The van der Waals surface area contributed by atoms with Crippen LogP contribution in [0.4, 0.5) is 0 Å².